The van der Waals surface area contributed by atoms with Crippen LogP contribution in [-0.4, -0.2) is 31.6 Å². The summed E-state index contributed by atoms with van der Waals surface area (Å²) in [5, 5.41) is 4.11. The number of halogens is 1. The molecule has 0 bridgehead atoms. The lowest BCUT2D eigenvalue weighted by Gasteiger charge is -2.31. The molecule has 0 amide bonds. The van der Waals surface area contributed by atoms with Crippen LogP contribution >= 0.6 is 11.6 Å². The van der Waals surface area contributed by atoms with Crippen LogP contribution in [0.25, 0.3) is 0 Å². The van der Waals surface area contributed by atoms with Crippen molar-refractivity contribution in [3.63, 3.8) is 0 Å². The highest BCUT2D eigenvalue weighted by Gasteiger charge is 2.18. The van der Waals surface area contributed by atoms with Crippen LogP contribution in [0.1, 0.15) is 19.4 Å². The van der Waals surface area contributed by atoms with E-state index in [0.29, 0.717) is 12.0 Å². The highest BCUT2D eigenvalue weighted by Crippen LogP contribution is 2.19. The number of benzene rings is 1. The number of nitrogens with one attached hydrogen (secondary N) is 1. The highest BCUT2D eigenvalue weighted by molar-refractivity contribution is 6.31. The zero-order chi connectivity index (χ0) is 12.8. The summed E-state index contributed by atoms with van der Waals surface area (Å²) in [4.78, 5) is 2.36. The fourth-order valence-corrected chi connectivity index (χ4v) is 2.32. The summed E-state index contributed by atoms with van der Waals surface area (Å²) in [6.45, 7) is 6.40. The summed E-state index contributed by atoms with van der Waals surface area (Å²) < 4.78 is 0. The van der Waals surface area contributed by atoms with Crippen LogP contribution in [0, 0.1) is 5.92 Å². The minimum absolute atomic E-state index is 0.524. The second-order valence-corrected chi connectivity index (χ2v) is 5.28. The second-order valence-electron chi connectivity index (χ2n) is 4.88. The van der Waals surface area contributed by atoms with Crippen LogP contribution < -0.4 is 5.32 Å². The number of rotatable bonds is 6. The van der Waals surface area contributed by atoms with Gasteiger partial charge in [0.2, 0.25) is 0 Å². The summed E-state index contributed by atoms with van der Waals surface area (Å²) >= 11 is 6.19. The molecule has 3 heteroatoms. The third kappa shape index (κ3) is 4.30. The smallest absolute Gasteiger partial charge is 0.0451 e. The Labute approximate surface area is 110 Å². The minimum Gasteiger partial charge on any atom is -0.318 e. The Bertz CT molecular complexity index is 339. The van der Waals surface area contributed by atoms with Crippen LogP contribution in [0.4, 0.5) is 0 Å². The van der Waals surface area contributed by atoms with E-state index in [4.69, 9.17) is 11.6 Å². The first-order valence-electron chi connectivity index (χ1n) is 6.14. The second kappa shape index (κ2) is 7.00. The number of likely N-dealkylation sites (N-methyl/N-ethyl adjacent to an activating group) is 2. The quantitative estimate of drug-likeness (QED) is 0.840. The molecule has 0 aliphatic heterocycles. The van der Waals surface area contributed by atoms with Crippen LogP contribution in [0.15, 0.2) is 24.3 Å². The fraction of sp³-hybridized carbons (Fsp3) is 0.571. The molecule has 0 spiro atoms. The lowest BCUT2D eigenvalue weighted by Crippen LogP contribution is -2.42. The van der Waals surface area contributed by atoms with Gasteiger partial charge in [-0.3, -0.25) is 4.90 Å². The Morgan fingerprint density at radius 3 is 2.47 bits per heavy atom. The molecule has 0 fully saturated rings. The Kier molecular flexibility index (Phi) is 5.96. The zero-order valence-electron chi connectivity index (χ0n) is 11.2. The standard InChI is InChI=1S/C14H23ClN2/c1-11(2)14(9-16-3)17(4)10-12-7-5-6-8-13(12)15/h5-8,11,14,16H,9-10H2,1-4H3. The van der Waals surface area contributed by atoms with E-state index in [0.717, 1.165) is 18.1 Å². The summed E-state index contributed by atoms with van der Waals surface area (Å²) in [6.07, 6.45) is 0. The lowest BCUT2D eigenvalue weighted by atomic mass is 10.0. The van der Waals surface area contributed by atoms with E-state index in [2.05, 4.69) is 37.2 Å². The van der Waals surface area contributed by atoms with E-state index < -0.39 is 0 Å². The van der Waals surface area contributed by atoms with Crippen LogP contribution in [0.5, 0.6) is 0 Å². The van der Waals surface area contributed by atoms with Gasteiger partial charge in [0.1, 0.15) is 0 Å². The minimum atomic E-state index is 0.524. The van der Waals surface area contributed by atoms with E-state index in [1.54, 1.807) is 0 Å². The molecule has 96 valence electrons. The van der Waals surface area contributed by atoms with Gasteiger partial charge in [0.25, 0.3) is 0 Å². The Hall–Kier alpha value is -0.570. The van der Waals surface area contributed by atoms with E-state index in [1.807, 2.05) is 25.2 Å². The predicted molar refractivity (Wildman–Crippen MR) is 75.5 cm³/mol. The van der Waals surface area contributed by atoms with Crippen molar-refractivity contribution in [3.8, 4) is 0 Å². The van der Waals surface area contributed by atoms with Gasteiger partial charge in [-0.25, -0.2) is 0 Å². The van der Waals surface area contributed by atoms with Gasteiger partial charge in [0.15, 0.2) is 0 Å². The molecule has 0 saturated carbocycles. The number of hydrogen-bond donors (Lipinski definition) is 1. The van der Waals surface area contributed by atoms with Crippen molar-refractivity contribution in [1.82, 2.24) is 10.2 Å². The molecule has 1 rings (SSSR count). The molecule has 17 heavy (non-hydrogen) atoms. The topological polar surface area (TPSA) is 15.3 Å². The maximum atomic E-state index is 6.19. The molecule has 2 nitrogen and oxygen atoms in total. The summed E-state index contributed by atoms with van der Waals surface area (Å²) in [6, 6.07) is 8.58. The maximum absolute atomic E-state index is 6.19. The average Bonchev–Trinajstić information content (AvgIpc) is 2.28. The van der Waals surface area contributed by atoms with E-state index in [9.17, 15) is 0 Å². The molecule has 1 atom stereocenters. The molecule has 0 heterocycles. The van der Waals surface area contributed by atoms with Crippen molar-refractivity contribution >= 4 is 11.6 Å². The predicted octanol–water partition coefficient (Wildman–Crippen LogP) is 3.02. The van der Waals surface area contributed by atoms with E-state index in [1.165, 1.54) is 5.56 Å². The van der Waals surface area contributed by atoms with E-state index in [-0.39, 0.29) is 0 Å². The molecule has 0 aliphatic rings. The van der Waals surface area contributed by atoms with Crippen molar-refractivity contribution in [2.24, 2.45) is 5.92 Å². The molecule has 1 aromatic carbocycles. The molecule has 0 aromatic heterocycles. The third-order valence-corrected chi connectivity index (χ3v) is 3.50. The first-order chi connectivity index (χ1) is 8.06. The zero-order valence-corrected chi connectivity index (χ0v) is 12.0. The van der Waals surface area contributed by atoms with Gasteiger partial charge < -0.3 is 5.32 Å². The number of hydrogen-bond acceptors (Lipinski definition) is 2. The molecule has 0 radical (unpaired) electrons. The van der Waals surface area contributed by atoms with Gasteiger partial charge in [0.05, 0.1) is 0 Å². The van der Waals surface area contributed by atoms with Gasteiger partial charge in [-0.1, -0.05) is 43.6 Å². The third-order valence-electron chi connectivity index (χ3n) is 3.13. The van der Waals surface area contributed by atoms with Crippen molar-refractivity contribution in [2.75, 3.05) is 20.6 Å². The molecular weight excluding hydrogens is 232 g/mol. The van der Waals surface area contributed by atoms with Crippen LogP contribution in [0.2, 0.25) is 5.02 Å². The monoisotopic (exact) mass is 254 g/mol. The van der Waals surface area contributed by atoms with Crippen molar-refractivity contribution < 1.29 is 0 Å². The molecule has 0 aliphatic carbocycles. The summed E-state index contributed by atoms with van der Waals surface area (Å²) in [7, 11) is 4.16. The average molecular weight is 255 g/mol. The Morgan fingerprint density at radius 2 is 1.94 bits per heavy atom. The van der Waals surface area contributed by atoms with Crippen LogP contribution in [-0.2, 0) is 6.54 Å². The lowest BCUT2D eigenvalue weighted by molar-refractivity contribution is 0.182. The van der Waals surface area contributed by atoms with Gasteiger partial charge in [-0.05, 0) is 31.6 Å². The summed E-state index contributed by atoms with van der Waals surface area (Å²) in [5.74, 6) is 0.620. The normalized spacial score (nSPS) is 13.4. The maximum Gasteiger partial charge on any atom is 0.0451 e. The molecular formula is C14H23ClN2. The van der Waals surface area contributed by atoms with Gasteiger partial charge in [-0.15, -0.1) is 0 Å². The first kappa shape index (κ1) is 14.5. The van der Waals surface area contributed by atoms with E-state index >= 15 is 0 Å². The SMILES string of the molecule is CNCC(C(C)C)N(C)Cc1ccccc1Cl. The molecule has 0 saturated heterocycles. The van der Waals surface area contributed by atoms with Gasteiger partial charge in [0, 0.05) is 24.2 Å². The van der Waals surface area contributed by atoms with Crippen molar-refractivity contribution in [2.45, 2.75) is 26.4 Å². The fourth-order valence-electron chi connectivity index (χ4n) is 2.12. The molecule has 1 unspecified atom stereocenters. The Morgan fingerprint density at radius 1 is 1.29 bits per heavy atom. The largest absolute Gasteiger partial charge is 0.318 e. The first-order valence-corrected chi connectivity index (χ1v) is 6.52. The van der Waals surface area contributed by atoms with Gasteiger partial charge in [-0.2, -0.15) is 0 Å². The van der Waals surface area contributed by atoms with Crippen LogP contribution in [0.3, 0.4) is 0 Å². The highest BCUT2D eigenvalue weighted by atomic mass is 35.5. The molecule has 1 N–H and O–H groups in total. The number of nitrogens with zero attached hydrogens (tertiary/aromatic N) is 1. The van der Waals surface area contributed by atoms with Gasteiger partial charge >= 0.3 is 0 Å². The Balaban J connectivity index is 2.69. The van der Waals surface area contributed by atoms with Crippen molar-refractivity contribution in [3.05, 3.63) is 34.9 Å². The van der Waals surface area contributed by atoms with Crippen molar-refractivity contribution in [1.29, 1.82) is 0 Å². The molecule has 1 aromatic rings. The summed E-state index contributed by atoms with van der Waals surface area (Å²) in [5.41, 5.74) is 1.19.